The highest BCUT2D eigenvalue weighted by Crippen LogP contribution is 2.25. The summed E-state index contributed by atoms with van der Waals surface area (Å²) in [7, 11) is 0. The van der Waals surface area contributed by atoms with Gasteiger partial charge in [-0.15, -0.1) is 0 Å². The van der Waals surface area contributed by atoms with Crippen LogP contribution in [0, 0.1) is 0 Å². The number of nitrogen functional groups attached to an aromatic ring is 1. The van der Waals surface area contributed by atoms with E-state index in [0.29, 0.717) is 11.9 Å². The van der Waals surface area contributed by atoms with Gasteiger partial charge in [-0.1, -0.05) is 19.3 Å². The van der Waals surface area contributed by atoms with Gasteiger partial charge in [-0.25, -0.2) is 4.98 Å². The molecule has 0 aromatic carbocycles. The fourth-order valence-electron chi connectivity index (χ4n) is 3.67. The maximum Gasteiger partial charge on any atom is 0.123 e. The molecule has 0 bridgehead atoms. The van der Waals surface area contributed by atoms with Gasteiger partial charge in [0, 0.05) is 25.3 Å². The fraction of sp³-hybridized carbons (Fsp3) is 0.706. The van der Waals surface area contributed by atoms with E-state index in [1.807, 2.05) is 6.07 Å². The first-order chi connectivity index (χ1) is 10.3. The minimum atomic E-state index is 0.370. The van der Waals surface area contributed by atoms with Gasteiger partial charge in [0.05, 0.1) is 12.7 Å². The molecule has 1 aliphatic carbocycles. The third-order valence-electron chi connectivity index (χ3n) is 4.86. The minimum Gasteiger partial charge on any atom is -0.384 e. The molecule has 3 rings (SSSR count). The highest BCUT2D eigenvalue weighted by molar-refractivity contribution is 5.31. The summed E-state index contributed by atoms with van der Waals surface area (Å²) in [5.41, 5.74) is 7.00. The Hall–Kier alpha value is -1.13. The second-order valence-corrected chi connectivity index (χ2v) is 6.41. The molecule has 4 heteroatoms. The van der Waals surface area contributed by atoms with E-state index in [-0.39, 0.29) is 0 Å². The van der Waals surface area contributed by atoms with Crippen LogP contribution in [0.3, 0.4) is 0 Å². The molecule has 1 atom stereocenters. The number of ether oxygens (including phenoxy) is 1. The molecule has 1 aromatic rings. The molecule has 21 heavy (non-hydrogen) atoms. The van der Waals surface area contributed by atoms with Crippen molar-refractivity contribution in [1.82, 2.24) is 9.88 Å². The topological polar surface area (TPSA) is 51.4 Å². The summed E-state index contributed by atoms with van der Waals surface area (Å²) in [6, 6.07) is 4.83. The third-order valence-corrected chi connectivity index (χ3v) is 4.86. The molecular formula is C17H27N3O. The van der Waals surface area contributed by atoms with E-state index in [0.717, 1.165) is 38.6 Å². The minimum absolute atomic E-state index is 0.370. The zero-order valence-electron chi connectivity index (χ0n) is 12.8. The van der Waals surface area contributed by atoms with Gasteiger partial charge in [-0.2, -0.15) is 0 Å². The molecule has 0 radical (unpaired) electrons. The van der Waals surface area contributed by atoms with Gasteiger partial charge < -0.3 is 10.5 Å². The normalized spacial score (nSPS) is 25.0. The molecule has 1 aliphatic heterocycles. The Kier molecular flexibility index (Phi) is 5.09. The number of aryl methyl sites for hydroxylation is 1. The number of morpholine rings is 1. The largest absolute Gasteiger partial charge is 0.384 e. The number of pyridine rings is 1. The van der Waals surface area contributed by atoms with E-state index in [2.05, 4.69) is 16.0 Å². The second kappa shape index (κ2) is 7.23. The van der Waals surface area contributed by atoms with E-state index in [9.17, 15) is 0 Å². The van der Waals surface area contributed by atoms with Crippen LogP contribution in [0.5, 0.6) is 0 Å². The van der Waals surface area contributed by atoms with Gasteiger partial charge in [-0.05, 0) is 43.4 Å². The molecule has 2 N–H and O–H groups in total. The van der Waals surface area contributed by atoms with Crippen LogP contribution in [0.1, 0.15) is 44.1 Å². The van der Waals surface area contributed by atoms with Crippen LogP contribution >= 0.6 is 0 Å². The molecule has 116 valence electrons. The SMILES string of the molecule is Nc1cc(CC[C@@H]2CN(C3CCCCC3)CCO2)ccn1. The molecule has 4 nitrogen and oxygen atoms in total. The van der Waals surface area contributed by atoms with E-state index < -0.39 is 0 Å². The number of rotatable bonds is 4. The smallest absolute Gasteiger partial charge is 0.123 e. The van der Waals surface area contributed by atoms with Gasteiger partial charge in [-0.3, -0.25) is 4.90 Å². The summed E-state index contributed by atoms with van der Waals surface area (Å²) >= 11 is 0. The summed E-state index contributed by atoms with van der Waals surface area (Å²) in [5, 5.41) is 0. The lowest BCUT2D eigenvalue weighted by molar-refractivity contribution is -0.0509. The summed E-state index contributed by atoms with van der Waals surface area (Å²) in [5.74, 6) is 0.612. The van der Waals surface area contributed by atoms with Gasteiger partial charge >= 0.3 is 0 Å². The monoisotopic (exact) mass is 289 g/mol. The molecule has 0 unspecified atom stereocenters. The number of hydrogen-bond donors (Lipinski definition) is 1. The highest BCUT2D eigenvalue weighted by Gasteiger charge is 2.27. The average molecular weight is 289 g/mol. The van der Waals surface area contributed by atoms with Crippen LogP contribution in [0.4, 0.5) is 5.82 Å². The number of aromatic nitrogens is 1. The predicted molar refractivity (Wildman–Crippen MR) is 85.2 cm³/mol. The zero-order chi connectivity index (χ0) is 14.5. The molecule has 0 amide bonds. The Morgan fingerprint density at radius 1 is 1.29 bits per heavy atom. The van der Waals surface area contributed by atoms with E-state index >= 15 is 0 Å². The summed E-state index contributed by atoms with van der Waals surface area (Å²) in [6.45, 7) is 3.11. The van der Waals surface area contributed by atoms with E-state index in [1.54, 1.807) is 6.20 Å². The molecule has 2 aliphatic rings. The van der Waals surface area contributed by atoms with Crippen LogP contribution < -0.4 is 5.73 Å². The first-order valence-corrected chi connectivity index (χ1v) is 8.37. The van der Waals surface area contributed by atoms with Crippen LogP contribution in [0.15, 0.2) is 18.3 Å². The maximum absolute atomic E-state index is 5.96. The van der Waals surface area contributed by atoms with Crippen molar-refractivity contribution in [3.8, 4) is 0 Å². The van der Waals surface area contributed by atoms with Crippen molar-refractivity contribution in [2.75, 3.05) is 25.4 Å². The first-order valence-electron chi connectivity index (χ1n) is 8.37. The van der Waals surface area contributed by atoms with Crippen molar-refractivity contribution in [3.63, 3.8) is 0 Å². The molecule has 2 heterocycles. The maximum atomic E-state index is 5.96. The lowest BCUT2D eigenvalue weighted by Gasteiger charge is -2.40. The van der Waals surface area contributed by atoms with Crippen LogP contribution in [0.25, 0.3) is 0 Å². The second-order valence-electron chi connectivity index (χ2n) is 6.41. The van der Waals surface area contributed by atoms with Crippen molar-refractivity contribution in [1.29, 1.82) is 0 Å². The van der Waals surface area contributed by atoms with Crippen molar-refractivity contribution in [2.24, 2.45) is 0 Å². The van der Waals surface area contributed by atoms with Gasteiger partial charge in [0.2, 0.25) is 0 Å². The quantitative estimate of drug-likeness (QED) is 0.926. The Morgan fingerprint density at radius 2 is 2.14 bits per heavy atom. The summed E-state index contributed by atoms with van der Waals surface area (Å²) in [4.78, 5) is 6.72. The lowest BCUT2D eigenvalue weighted by atomic mass is 9.93. The predicted octanol–water partition coefficient (Wildman–Crippen LogP) is 2.63. The third kappa shape index (κ3) is 4.17. The van der Waals surface area contributed by atoms with Crippen LogP contribution in [-0.4, -0.2) is 41.7 Å². The fourth-order valence-corrected chi connectivity index (χ4v) is 3.67. The van der Waals surface area contributed by atoms with Crippen LogP contribution in [-0.2, 0) is 11.2 Å². The number of hydrogen-bond acceptors (Lipinski definition) is 4. The van der Waals surface area contributed by atoms with E-state index in [4.69, 9.17) is 10.5 Å². The number of nitrogens with zero attached hydrogens (tertiary/aromatic N) is 2. The molecule has 1 aromatic heterocycles. The molecule has 1 saturated heterocycles. The molecule has 1 saturated carbocycles. The van der Waals surface area contributed by atoms with Gasteiger partial charge in [0.1, 0.15) is 5.82 Å². The van der Waals surface area contributed by atoms with Gasteiger partial charge in [0.25, 0.3) is 0 Å². The average Bonchev–Trinajstić information content (AvgIpc) is 2.54. The molecule has 0 spiro atoms. The summed E-state index contributed by atoms with van der Waals surface area (Å²) in [6.07, 6.45) is 11.3. The Balaban J connectivity index is 1.49. The van der Waals surface area contributed by atoms with Gasteiger partial charge in [0.15, 0.2) is 0 Å². The highest BCUT2D eigenvalue weighted by atomic mass is 16.5. The van der Waals surface area contributed by atoms with E-state index in [1.165, 1.54) is 37.7 Å². The zero-order valence-corrected chi connectivity index (χ0v) is 12.8. The lowest BCUT2D eigenvalue weighted by Crippen LogP contribution is -2.48. The number of anilines is 1. The first kappa shape index (κ1) is 14.8. The Bertz CT molecular complexity index is 445. The van der Waals surface area contributed by atoms with Crippen molar-refractivity contribution >= 4 is 5.82 Å². The van der Waals surface area contributed by atoms with Crippen molar-refractivity contribution < 1.29 is 4.74 Å². The molecular weight excluding hydrogens is 262 g/mol. The summed E-state index contributed by atoms with van der Waals surface area (Å²) < 4.78 is 5.96. The molecule has 2 fully saturated rings. The van der Waals surface area contributed by atoms with Crippen molar-refractivity contribution in [2.45, 2.75) is 57.1 Å². The van der Waals surface area contributed by atoms with Crippen LogP contribution in [0.2, 0.25) is 0 Å². The standard InChI is InChI=1S/C17H27N3O/c18-17-12-14(8-9-19-17)6-7-16-13-20(10-11-21-16)15-4-2-1-3-5-15/h8-9,12,15-16H,1-7,10-11,13H2,(H2,18,19)/t16-/m1/s1. The Morgan fingerprint density at radius 3 is 2.95 bits per heavy atom. The number of nitrogens with two attached hydrogens (primary N) is 1. The Labute approximate surface area is 127 Å². The van der Waals surface area contributed by atoms with Crippen molar-refractivity contribution in [3.05, 3.63) is 23.9 Å².